The Morgan fingerprint density at radius 2 is 1.81 bits per heavy atom. The minimum atomic E-state index is -3.65. The molecule has 0 aliphatic heterocycles. The van der Waals surface area contributed by atoms with Crippen LogP contribution in [0, 0.1) is 11.6 Å². The second kappa shape index (κ2) is 11.5. The number of methoxy groups -OCH3 is 1. The monoisotopic (exact) mass is 553 g/mol. The normalized spacial score (nSPS) is 12.0. The molecule has 0 aliphatic carbocycles. The highest BCUT2D eigenvalue weighted by atomic mass is 32.2. The number of hydrogen-bond acceptors (Lipinski definition) is 8. The summed E-state index contributed by atoms with van der Waals surface area (Å²) in [6.07, 6.45) is 1.93. The molecular formula is C24H29F2N3O6SSi. The second-order valence-electron chi connectivity index (χ2n) is 9.61. The summed E-state index contributed by atoms with van der Waals surface area (Å²) < 4.78 is 69.3. The fourth-order valence-corrected chi connectivity index (χ4v) is 4.68. The molecule has 0 N–H and O–H groups in total. The maximum atomic E-state index is 14.0. The maximum Gasteiger partial charge on any atom is 0.356 e. The van der Waals surface area contributed by atoms with E-state index in [0.717, 1.165) is 36.7 Å². The van der Waals surface area contributed by atoms with E-state index in [1.807, 2.05) is 0 Å². The molecule has 0 unspecified atom stereocenters. The molecule has 0 aliphatic rings. The van der Waals surface area contributed by atoms with Crippen molar-refractivity contribution in [2.24, 2.45) is 0 Å². The minimum Gasteiger partial charge on any atom is -0.486 e. The summed E-state index contributed by atoms with van der Waals surface area (Å²) in [6.45, 7) is 6.87. The van der Waals surface area contributed by atoms with E-state index in [2.05, 4.69) is 29.7 Å². The van der Waals surface area contributed by atoms with E-state index in [4.69, 9.17) is 14.2 Å². The SMILES string of the molecule is COC(=O)c1cc(-c2ncc(F)cc2OCc2cc(F)cc(S(C)(=O)=O)c2)nn1COCC[Si](C)(C)C. The van der Waals surface area contributed by atoms with Crippen molar-refractivity contribution in [3.05, 3.63) is 59.4 Å². The number of esters is 1. The number of nitrogens with zero attached hydrogens (tertiary/aromatic N) is 3. The average molecular weight is 554 g/mol. The first-order chi connectivity index (χ1) is 17.3. The molecule has 13 heteroatoms. The molecule has 0 radical (unpaired) electrons. The van der Waals surface area contributed by atoms with Crippen molar-refractivity contribution in [3.63, 3.8) is 0 Å². The first-order valence-corrected chi connectivity index (χ1v) is 16.9. The summed E-state index contributed by atoms with van der Waals surface area (Å²) in [7, 11) is -3.74. The third kappa shape index (κ3) is 7.91. The molecule has 2 heterocycles. The molecular weight excluding hydrogens is 524 g/mol. The minimum absolute atomic E-state index is 0.0101. The Morgan fingerprint density at radius 1 is 1.08 bits per heavy atom. The number of carbonyl (C=O) groups excluding carboxylic acids is 1. The Bertz CT molecular complexity index is 1390. The fraction of sp³-hybridized carbons (Fsp3) is 0.375. The predicted molar refractivity (Wildman–Crippen MR) is 135 cm³/mol. The van der Waals surface area contributed by atoms with Crippen LogP contribution in [0.1, 0.15) is 16.1 Å². The molecule has 37 heavy (non-hydrogen) atoms. The van der Waals surface area contributed by atoms with Crippen LogP contribution in [0.4, 0.5) is 8.78 Å². The first-order valence-electron chi connectivity index (χ1n) is 11.3. The number of halogens is 2. The molecule has 0 saturated carbocycles. The molecule has 9 nitrogen and oxygen atoms in total. The summed E-state index contributed by atoms with van der Waals surface area (Å²) in [5.74, 6) is -2.14. The number of carbonyl (C=O) groups is 1. The van der Waals surface area contributed by atoms with E-state index in [-0.39, 0.29) is 46.6 Å². The number of sulfone groups is 1. The molecule has 2 aromatic heterocycles. The molecule has 1 aromatic carbocycles. The Hall–Kier alpha value is -3.16. The topological polar surface area (TPSA) is 110 Å². The zero-order valence-corrected chi connectivity index (χ0v) is 23.1. The molecule has 0 spiro atoms. The molecule has 3 rings (SSSR count). The van der Waals surface area contributed by atoms with Crippen LogP contribution in [0.15, 0.2) is 41.4 Å². The molecule has 0 saturated heterocycles. The summed E-state index contributed by atoms with van der Waals surface area (Å²) in [5.41, 5.74) is 0.630. The van der Waals surface area contributed by atoms with E-state index in [1.165, 1.54) is 23.9 Å². The van der Waals surface area contributed by atoms with E-state index in [1.54, 1.807) is 0 Å². The highest BCUT2D eigenvalue weighted by Crippen LogP contribution is 2.29. The highest BCUT2D eigenvalue weighted by Gasteiger charge is 2.21. The van der Waals surface area contributed by atoms with Crippen molar-refractivity contribution < 1.29 is 36.2 Å². The standard InChI is InChI=1S/C24H29F2N3O6SSi/c1-33-24(30)21-12-20(28-29(21)15-34-6-7-37(3,4)5)23-22(11-18(26)13-27-23)35-14-16-8-17(25)10-19(9-16)36(2,31)32/h8-13H,6-7,14-15H2,1-5H3. The summed E-state index contributed by atoms with van der Waals surface area (Å²) in [6, 6.07) is 6.70. The van der Waals surface area contributed by atoms with Crippen LogP contribution in [-0.4, -0.2) is 57.2 Å². The van der Waals surface area contributed by atoms with Crippen molar-refractivity contribution in [2.45, 2.75) is 43.9 Å². The van der Waals surface area contributed by atoms with Gasteiger partial charge < -0.3 is 14.2 Å². The third-order valence-electron chi connectivity index (χ3n) is 5.20. The fourth-order valence-electron chi connectivity index (χ4n) is 3.23. The van der Waals surface area contributed by atoms with Crippen molar-refractivity contribution >= 4 is 23.9 Å². The van der Waals surface area contributed by atoms with Gasteiger partial charge in [-0.25, -0.2) is 31.7 Å². The van der Waals surface area contributed by atoms with Gasteiger partial charge in [-0.3, -0.25) is 0 Å². The van der Waals surface area contributed by atoms with Gasteiger partial charge in [-0.15, -0.1) is 0 Å². The van der Waals surface area contributed by atoms with Crippen LogP contribution in [0.25, 0.3) is 11.4 Å². The summed E-state index contributed by atoms with van der Waals surface area (Å²) in [4.78, 5) is 16.2. The van der Waals surface area contributed by atoms with Gasteiger partial charge in [0, 0.05) is 33.1 Å². The van der Waals surface area contributed by atoms with Crippen LogP contribution < -0.4 is 4.74 Å². The Balaban J connectivity index is 1.89. The lowest BCUT2D eigenvalue weighted by Gasteiger charge is -2.15. The molecule has 200 valence electrons. The van der Waals surface area contributed by atoms with Crippen molar-refractivity contribution in [2.75, 3.05) is 20.0 Å². The zero-order chi connectivity index (χ0) is 27.4. The number of hydrogen-bond donors (Lipinski definition) is 0. The molecule has 0 amide bonds. The highest BCUT2D eigenvalue weighted by molar-refractivity contribution is 7.90. The van der Waals surface area contributed by atoms with E-state index in [9.17, 15) is 22.0 Å². The van der Waals surface area contributed by atoms with Gasteiger partial charge in [0.05, 0.1) is 18.2 Å². The number of benzene rings is 1. The lowest BCUT2D eigenvalue weighted by atomic mass is 10.2. The second-order valence-corrected chi connectivity index (χ2v) is 17.2. The van der Waals surface area contributed by atoms with Gasteiger partial charge in [-0.1, -0.05) is 19.6 Å². The van der Waals surface area contributed by atoms with Crippen molar-refractivity contribution in [3.8, 4) is 17.1 Å². The summed E-state index contributed by atoms with van der Waals surface area (Å²) >= 11 is 0. The smallest absolute Gasteiger partial charge is 0.356 e. The lowest BCUT2D eigenvalue weighted by molar-refractivity contribution is 0.0518. The van der Waals surface area contributed by atoms with Crippen molar-refractivity contribution in [1.82, 2.24) is 14.8 Å². The van der Waals surface area contributed by atoms with Gasteiger partial charge >= 0.3 is 5.97 Å². The Morgan fingerprint density at radius 3 is 2.46 bits per heavy atom. The van der Waals surface area contributed by atoms with Crippen LogP contribution >= 0.6 is 0 Å². The number of ether oxygens (including phenoxy) is 3. The van der Waals surface area contributed by atoms with E-state index >= 15 is 0 Å². The average Bonchev–Trinajstić information content (AvgIpc) is 3.22. The number of rotatable bonds is 11. The maximum absolute atomic E-state index is 14.0. The largest absolute Gasteiger partial charge is 0.486 e. The Labute approximate surface area is 215 Å². The van der Waals surface area contributed by atoms with E-state index < -0.39 is 35.5 Å². The van der Waals surface area contributed by atoms with Gasteiger partial charge in [0.1, 0.15) is 42.1 Å². The first kappa shape index (κ1) is 28.4. The van der Waals surface area contributed by atoms with Gasteiger partial charge in [0.2, 0.25) is 0 Å². The lowest BCUT2D eigenvalue weighted by Crippen LogP contribution is -2.22. The van der Waals surface area contributed by atoms with Crippen molar-refractivity contribution in [1.29, 1.82) is 0 Å². The molecule has 0 bridgehead atoms. The zero-order valence-electron chi connectivity index (χ0n) is 21.2. The van der Waals surface area contributed by atoms with Crippen LogP contribution in [0.3, 0.4) is 0 Å². The number of aromatic nitrogens is 3. The van der Waals surface area contributed by atoms with Gasteiger partial charge in [-0.2, -0.15) is 5.10 Å². The van der Waals surface area contributed by atoms with Crippen LogP contribution in [-0.2, 0) is 32.6 Å². The Kier molecular flexibility index (Phi) is 8.82. The van der Waals surface area contributed by atoms with Gasteiger partial charge in [0.15, 0.2) is 15.6 Å². The van der Waals surface area contributed by atoms with E-state index in [0.29, 0.717) is 6.61 Å². The molecule has 3 aromatic rings. The number of pyridine rings is 1. The van der Waals surface area contributed by atoms with Crippen LogP contribution in [0.5, 0.6) is 5.75 Å². The quantitative estimate of drug-likeness (QED) is 0.196. The van der Waals surface area contributed by atoms with Crippen LogP contribution in [0.2, 0.25) is 25.7 Å². The predicted octanol–water partition coefficient (Wildman–Crippen LogP) is 4.30. The summed E-state index contributed by atoms with van der Waals surface area (Å²) in [5, 5.41) is 4.39. The third-order valence-corrected chi connectivity index (χ3v) is 8.00. The van der Waals surface area contributed by atoms with Gasteiger partial charge in [-0.05, 0) is 29.8 Å². The van der Waals surface area contributed by atoms with Gasteiger partial charge in [0.25, 0.3) is 0 Å². The molecule has 0 fully saturated rings. The molecule has 0 atom stereocenters.